The molecule has 0 bridgehead atoms. The standard InChI is InChI=1S/C14H21N3O4/c1-3-19-8-13(18)17-5-4-11-10(7-17)6-12(20-11)14-15-9(2)21-16-14/h10-12H,3-8H2,1-2H3/t10-,11-,12+/m0/s1. The lowest BCUT2D eigenvalue weighted by atomic mass is 9.92. The van der Waals surface area contributed by atoms with Gasteiger partial charge in [-0.3, -0.25) is 4.79 Å². The van der Waals surface area contributed by atoms with Crippen LogP contribution in [0.3, 0.4) is 0 Å². The molecule has 0 saturated carbocycles. The lowest BCUT2D eigenvalue weighted by Gasteiger charge is -2.33. The number of amides is 1. The fraction of sp³-hybridized carbons (Fsp3) is 0.786. The van der Waals surface area contributed by atoms with Gasteiger partial charge in [0.2, 0.25) is 17.6 Å². The van der Waals surface area contributed by atoms with Crippen LogP contribution in [0.15, 0.2) is 4.52 Å². The molecule has 0 aliphatic carbocycles. The smallest absolute Gasteiger partial charge is 0.248 e. The Morgan fingerprint density at radius 3 is 3.10 bits per heavy atom. The van der Waals surface area contributed by atoms with Crippen LogP contribution in [-0.4, -0.2) is 53.4 Å². The average Bonchev–Trinajstić information content (AvgIpc) is 3.09. The topological polar surface area (TPSA) is 77.7 Å². The first-order valence-corrected chi connectivity index (χ1v) is 7.48. The van der Waals surface area contributed by atoms with E-state index < -0.39 is 0 Å². The number of rotatable bonds is 4. The second-order valence-corrected chi connectivity index (χ2v) is 5.60. The number of likely N-dealkylation sites (tertiary alicyclic amines) is 1. The number of aromatic nitrogens is 2. The number of hydrogen-bond donors (Lipinski definition) is 0. The van der Waals surface area contributed by atoms with Gasteiger partial charge in [0, 0.05) is 32.5 Å². The summed E-state index contributed by atoms with van der Waals surface area (Å²) in [4.78, 5) is 18.1. The highest BCUT2D eigenvalue weighted by Crippen LogP contribution is 2.39. The van der Waals surface area contributed by atoms with E-state index in [0.29, 0.717) is 24.2 Å². The minimum Gasteiger partial charge on any atom is -0.372 e. The maximum atomic E-state index is 12.0. The van der Waals surface area contributed by atoms with Crippen molar-refractivity contribution in [3.05, 3.63) is 11.7 Å². The van der Waals surface area contributed by atoms with E-state index in [1.54, 1.807) is 6.92 Å². The highest BCUT2D eigenvalue weighted by atomic mass is 16.5. The van der Waals surface area contributed by atoms with Gasteiger partial charge in [-0.1, -0.05) is 5.16 Å². The van der Waals surface area contributed by atoms with Crippen LogP contribution < -0.4 is 0 Å². The molecule has 7 heteroatoms. The van der Waals surface area contributed by atoms with Gasteiger partial charge in [0.05, 0.1) is 6.10 Å². The molecule has 3 rings (SSSR count). The molecule has 1 amide bonds. The zero-order valence-corrected chi connectivity index (χ0v) is 12.4. The Morgan fingerprint density at radius 2 is 2.38 bits per heavy atom. The first-order valence-electron chi connectivity index (χ1n) is 7.48. The van der Waals surface area contributed by atoms with E-state index in [0.717, 1.165) is 25.9 Å². The third kappa shape index (κ3) is 3.08. The molecule has 116 valence electrons. The van der Waals surface area contributed by atoms with Gasteiger partial charge in [-0.05, 0) is 19.8 Å². The second kappa shape index (κ2) is 6.11. The van der Waals surface area contributed by atoms with E-state index >= 15 is 0 Å². The van der Waals surface area contributed by atoms with Crippen LogP contribution >= 0.6 is 0 Å². The Hall–Kier alpha value is -1.47. The van der Waals surface area contributed by atoms with Crippen molar-refractivity contribution in [2.45, 2.75) is 38.9 Å². The third-order valence-corrected chi connectivity index (χ3v) is 4.13. The molecule has 1 aromatic rings. The molecule has 2 saturated heterocycles. The van der Waals surface area contributed by atoms with E-state index in [4.69, 9.17) is 14.0 Å². The summed E-state index contributed by atoms with van der Waals surface area (Å²) in [7, 11) is 0. The van der Waals surface area contributed by atoms with Crippen molar-refractivity contribution in [1.82, 2.24) is 15.0 Å². The SMILES string of the molecule is CCOCC(=O)N1CC[C@@H]2O[C@@H](c3noc(C)n3)C[C@H]2C1. The lowest BCUT2D eigenvalue weighted by Crippen LogP contribution is -2.45. The van der Waals surface area contributed by atoms with Gasteiger partial charge in [0.15, 0.2) is 0 Å². The van der Waals surface area contributed by atoms with Crippen LogP contribution in [0.5, 0.6) is 0 Å². The maximum Gasteiger partial charge on any atom is 0.248 e. The molecule has 3 atom stereocenters. The number of carbonyl (C=O) groups is 1. The fourth-order valence-corrected chi connectivity index (χ4v) is 3.08. The summed E-state index contributed by atoms with van der Waals surface area (Å²) in [6.07, 6.45) is 1.77. The second-order valence-electron chi connectivity index (χ2n) is 5.60. The number of ether oxygens (including phenoxy) is 2. The average molecular weight is 295 g/mol. The van der Waals surface area contributed by atoms with Gasteiger partial charge in [0.1, 0.15) is 12.7 Å². The van der Waals surface area contributed by atoms with Gasteiger partial charge in [-0.15, -0.1) is 0 Å². The highest BCUT2D eigenvalue weighted by Gasteiger charge is 2.42. The number of hydrogen-bond acceptors (Lipinski definition) is 6. The van der Waals surface area contributed by atoms with Crippen LogP contribution in [0.4, 0.5) is 0 Å². The van der Waals surface area contributed by atoms with E-state index in [2.05, 4.69) is 10.1 Å². The van der Waals surface area contributed by atoms with Gasteiger partial charge in [-0.25, -0.2) is 0 Å². The number of fused-ring (bicyclic) bond motifs is 1. The van der Waals surface area contributed by atoms with Crippen molar-refractivity contribution in [2.75, 3.05) is 26.3 Å². The first kappa shape index (κ1) is 14.5. The van der Waals surface area contributed by atoms with Gasteiger partial charge in [0.25, 0.3) is 0 Å². The summed E-state index contributed by atoms with van der Waals surface area (Å²) < 4.78 is 16.2. The van der Waals surface area contributed by atoms with E-state index in [9.17, 15) is 4.79 Å². The van der Waals surface area contributed by atoms with Crippen LogP contribution in [0.25, 0.3) is 0 Å². The summed E-state index contributed by atoms with van der Waals surface area (Å²) in [5.41, 5.74) is 0. The van der Waals surface area contributed by atoms with Crippen molar-refractivity contribution < 1.29 is 18.8 Å². The van der Waals surface area contributed by atoms with E-state index in [-0.39, 0.29) is 24.7 Å². The molecule has 2 aliphatic rings. The Labute approximate surface area is 123 Å². The van der Waals surface area contributed by atoms with Crippen molar-refractivity contribution in [2.24, 2.45) is 5.92 Å². The summed E-state index contributed by atoms with van der Waals surface area (Å²) in [6, 6.07) is 0. The summed E-state index contributed by atoms with van der Waals surface area (Å²) in [5.74, 6) is 1.58. The predicted molar refractivity (Wildman–Crippen MR) is 72.4 cm³/mol. The van der Waals surface area contributed by atoms with Crippen molar-refractivity contribution >= 4 is 5.91 Å². The normalized spacial score (nSPS) is 28.7. The molecule has 0 radical (unpaired) electrons. The molecule has 0 spiro atoms. The molecule has 0 aromatic carbocycles. The van der Waals surface area contributed by atoms with Crippen LogP contribution in [0.2, 0.25) is 0 Å². The minimum atomic E-state index is -0.112. The number of piperidine rings is 1. The molecule has 2 aliphatic heterocycles. The third-order valence-electron chi connectivity index (χ3n) is 4.13. The first-order chi connectivity index (χ1) is 10.2. The van der Waals surface area contributed by atoms with Crippen molar-refractivity contribution in [3.8, 4) is 0 Å². The maximum absolute atomic E-state index is 12.0. The highest BCUT2D eigenvalue weighted by molar-refractivity contribution is 5.77. The summed E-state index contributed by atoms with van der Waals surface area (Å²) in [5, 5.41) is 3.94. The Bertz CT molecular complexity index is 504. The summed E-state index contributed by atoms with van der Waals surface area (Å²) >= 11 is 0. The Balaban J connectivity index is 1.58. The minimum absolute atomic E-state index is 0.0640. The van der Waals surface area contributed by atoms with E-state index in [1.807, 2.05) is 11.8 Å². The van der Waals surface area contributed by atoms with Crippen molar-refractivity contribution in [3.63, 3.8) is 0 Å². The molecule has 2 fully saturated rings. The van der Waals surface area contributed by atoms with Crippen LogP contribution in [0.1, 0.15) is 37.6 Å². The van der Waals surface area contributed by atoms with Crippen LogP contribution in [-0.2, 0) is 14.3 Å². The van der Waals surface area contributed by atoms with Crippen LogP contribution in [0, 0.1) is 12.8 Å². The number of carbonyl (C=O) groups excluding carboxylic acids is 1. The molecule has 21 heavy (non-hydrogen) atoms. The molecule has 3 heterocycles. The quantitative estimate of drug-likeness (QED) is 0.827. The molecule has 1 aromatic heterocycles. The predicted octanol–water partition coefficient (Wildman–Crippen LogP) is 1.09. The number of aryl methyl sites for hydroxylation is 1. The van der Waals surface area contributed by atoms with Gasteiger partial charge in [-0.2, -0.15) is 4.98 Å². The molecule has 7 nitrogen and oxygen atoms in total. The van der Waals surface area contributed by atoms with Gasteiger partial charge < -0.3 is 18.9 Å². The summed E-state index contributed by atoms with van der Waals surface area (Å²) in [6.45, 7) is 5.85. The lowest BCUT2D eigenvalue weighted by molar-refractivity contribution is -0.139. The zero-order valence-electron chi connectivity index (χ0n) is 12.4. The molecule has 0 N–H and O–H groups in total. The fourth-order valence-electron chi connectivity index (χ4n) is 3.08. The van der Waals surface area contributed by atoms with Crippen molar-refractivity contribution in [1.29, 1.82) is 0 Å². The molecule has 0 unspecified atom stereocenters. The zero-order chi connectivity index (χ0) is 14.8. The monoisotopic (exact) mass is 295 g/mol. The van der Waals surface area contributed by atoms with Gasteiger partial charge >= 0.3 is 0 Å². The van der Waals surface area contributed by atoms with E-state index in [1.165, 1.54) is 0 Å². The number of nitrogens with zero attached hydrogens (tertiary/aromatic N) is 3. The molecular formula is C14H21N3O4. The largest absolute Gasteiger partial charge is 0.372 e. The molecular weight excluding hydrogens is 274 g/mol. The Kier molecular flexibility index (Phi) is 4.21. The Morgan fingerprint density at radius 1 is 1.52 bits per heavy atom.